The van der Waals surface area contributed by atoms with E-state index < -0.39 is 12.1 Å². The Morgan fingerprint density at radius 2 is 1.74 bits per heavy atom. The molecule has 112 valence electrons. The van der Waals surface area contributed by atoms with Crippen LogP contribution in [0.15, 0.2) is 0 Å². The van der Waals surface area contributed by atoms with Crippen molar-refractivity contribution in [2.75, 3.05) is 20.1 Å². The van der Waals surface area contributed by atoms with Crippen molar-refractivity contribution in [3.05, 3.63) is 0 Å². The van der Waals surface area contributed by atoms with Crippen molar-refractivity contribution in [2.45, 2.75) is 63.2 Å². The molecule has 5 heteroatoms. The van der Waals surface area contributed by atoms with Crippen LogP contribution < -0.4 is 5.32 Å². The van der Waals surface area contributed by atoms with E-state index in [9.17, 15) is 13.2 Å². The normalized spacial score (nSPS) is 34.4. The van der Waals surface area contributed by atoms with Gasteiger partial charge in [-0.1, -0.05) is 6.42 Å². The van der Waals surface area contributed by atoms with Crippen LogP contribution in [0.1, 0.15) is 44.9 Å². The van der Waals surface area contributed by atoms with Crippen LogP contribution in [0, 0.1) is 5.92 Å². The van der Waals surface area contributed by atoms with Gasteiger partial charge in [0, 0.05) is 18.6 Å². The summed E-state index contributed by atoms with van der Waals surface area (Å²) in [5.74, 6) is -1.06. The fourth-order valence-corrected chi connectivity index (χ4v) is 3.69. The van der Waals surface area contributed by atoms with Gasteiger partial charge in [-0.15, -0.1) is 0 Å². The molecule has 19 heavy (non-hydrogen) atoms. The SMILES string of the molecule is CNCC1CCCCN1C1CCC(C(F)(F)F)CC1. The number of nitrogens with one attached hydrogen (secondary N) is 1. The van der Waals surface area contributed by atoms with Gasteiger partial charge in [-0.3, -0.25) is 4.90 Å². The molecule has 0 radical (unpaired) electrons. The molecular weight excluding hydrogens is 253 g/mol. The fourth-order valence-electron chi connectivity index (χ4n) is 3.69. The standard InChI is InChI=1S/C14H25F3N2/c1-18-10-13-4-2-3-9-19(13)12-7-5-11(6-8-12)14(15,16)17/h11-13,18H,2-10H2,1H3. The van der Waals surface area contributed by atoms with Crippen molar-refractivity contribution in [3.8, 4) is 0 Å². The van der Waals surface area contributed by atoms with Gasteiger partial charge in [0.1, 0.15) is 0 Å². The number of rotatable bonds is 3. The predicted octanol–water partition coefficient (Wildman–Crippen LogP) is 3.18. The molecule has 0 spiro atoms. The summed E-state index contributed by atoms with van der Waals surface area (Å²) in [6.07, 6.45) is 1.69. The first kappa shape index (κ1) is 15.1. The smallest absolute Gasteiger partial charge is 0.318 e. The molecule has 0 aromatic heterocycles. The number of halogens is 3. The number of hydrogen-bond acceptors (Lipinski definition) is 2. The van der Waals surface area contributed by atoms with Crippen molar-refractivity contribution in [2.24, 2.45) is 5.92 Å². The molecular formula is C14H25F3N2. The van der Waals surface area contributed by atoms with Crippen molar-refractivity contribution >= 4 is 0 Å². The molecule has 1 N–H and O–H groups in total. The molecule has 0 bridgehead atoms. The molecule has 1 unspecified atom stereocenters. The second-order valence-corrected chi connectivity index (χ2v) is 5.99. The van der Waals surface area contributed by atoms with Crippen LogP contribution in [-0.4, -0.2) is 43.3 Å². The van der Waals surface area contributed by atoms with E-state index in [1.165, 1.54) is 19.3 Å². The third-order valence-electron chi connectivity index (χ3n) is 4.74. The Labute approximate surface area is 113 Å². The minimum atomic E-state index is -3.99. The third kappa shape index (κ3) is 3.85. The summed E-state index contributed by atoms with van der Waals surface area (Å²) in [6.45, 7) is 2.02. The quantitative estimate of drug-likeness (QED) is 0.853. The van der Waals surface area contributed by atoms with E-state index in [1.807, 2.05) is 7.05 Å². The van der Waals surface area contributed by atoms with Crippen LogP contribution in [-0.2, 0) is 0 Å². The van der Waals surface area contributed by atoms with E-state index in [0.29, 0.717) is 37.8 Å². The molecule has 1 saturated heterocycles. The summed E-state index contributed by atoms with van der Waals surface area (Å²) in [4.78, 5) is 2.48. The first-order valence-corrected chi connectivity index (χ1v) is 7.49. The Kier molecular flexibility index (Phi) is 5.12. The van der Waals surface area contributed by atoms with Crippen molar-refractivity contribution in [1.29, 1.82) is 0 Å². The van der Waals surface area contributed by atoms with Crippen LogP contribution in [0.4, 0.5) is 13.2 Å². The van der Waals surface area contributed by atoms with Gasteiger partial charge in [0.25, 0.3) is 0 Å². The number of likely N-dealkylation sites (N-methyl/N-ethyl adjacent to an activating group) is 1. The van der Waals surface area contributed by atoms with E-state index in [4.69, 9.17) is 0 Å². The second-order valence-electron chi connectivity index (χ2n) is 5.99. The van der Waals surface area contributed by atoms with Crippen LogP contribution in [0.2, 0.25) is 0 Å². The molecule has 2 aliphatic rings. The highest BCUT2D eigenvalue weighted by atomic mass is 19.4. The number of piperidine rings is 1. The monoisotopic (exact) mass is 278 g/mol. The maximum absolute atomic E-state index is 12.7. The van der Waals surface area contributed by atoms with Gasteiger partial charge in [0.2, 0.25) is 0 Å². The molecule has 0 aromatic carbocycles. The van der Waals surface area contributed by atoms with Crippen molar-refractivity contribution in [1.82, 2.24) is 10.2 Å². The van der Waals surface area contributed by atoms with Crippen LogP contribution in [0.5, 0.6) is 0 Å². The second kappa shape index (κ2) is 6.44. The summed E-state index contributed by atoms with van der Waals surface area (Å²) in [5, 5.41) is 3.22. The van der Waals surface area contributed by atoms with E-state index in [1.54, 1.807) is 0 Å². The van der Waals surface area contributed by atoms with Crippen molar-refractivity contribution < 1.29 is 13.2 Å². The Morgan fingerprint density at radius 1 is 1.05 bits per heavy atom. The Bertz CT molecular complexity index is 270. The summed E-state index contributed by atoms with van der Waals surface area (Å²) < 4.78 is 38.1. The lowest BCUT2D eigenvalue weighted by atomic mass is 9.83. The van der Waals surface area contributed by atoms with Gasteiger partial charge >= 0.3 is 6.18 Å². The zero-order valence-electron chi connectivity index (χ0n) is 11.7. The zero-order valence-corrected chi connectivity index (χ0v) is 11.7. The average molecular weight is 278 g/mol. The number of nitrogens with zero attached hydrogens (tertiary/aromatic N) is 1. The van der Waals surface area contributed by atoms with Gasteiger partial charge in [0.15, 0.2) is 0 Å². The lowest BCUT2D eigenvalue weighted by molar-refractivity contribution is -0.185. The minimum absolute atomic E-state index is 0.316. The fraction of sp³-hybridized carbons (Fsp3) is 1.00. The molecule has 2 rings (SSSR count). The Balaban J connectivity index is 1.88. The Hall–Kier alpha value is -0.290. The lowest BCUT2D eigenvalue weighted by Crippen LogP contribution is -2.51. The molecule has 0 aromatic rings. The molecule has 2 nitrogen and oxygen atoms in total. The molecule has 2 fully saturated rings. The maximum Gasteiger partial charge on any atom is 0.391 e. The molecule has 0 amide bonds. The maximum atomic E-state index is 12.7. The topological polar surface area (TPSA) is 15.3 Å². The van der Waals surface area contributed by atoms with E-state index in [0.717, 1.165) is 13.1 Å². The summed E-state index contributed by atoms with van der Waals surface area (Å²) >= 11 is 0. The van der Waals surface area contributed by atoms with Crippen LogP contribution in [0.25, 0.3) is 0 Å². The summed E-state index contributed by atoms with van der Waals surface area (Å²) in [7, 11) is 1.95. The predicted molar refractivity (Wildman–Crippen MR) is 70.1 cm³/mol. The highest BCUT2D eigenvalue weighted by molar-refractivity contribution is 4.88. The molecule has 1 atom stereocenters. The minimum Gasteiger partial charge on any atom is -0.318 e. The third-order valence-corrected chi connectivity index (χ3v) is 4.74. The first-order valence-electron chi connectivity index (χ1n) is 7.49. The van der Waals surface area contributed by atoms with Gasteiger partial charge in [-0.2, -0.15) is 13.2 Å². The largest absolute Gasteiger partial charge is 0.391 e. The number of hydrogen-bond donors (Lipinski definition) is 1. The van der Waals surface area contributed by atoms with Gasteiger partial charge < -0.3 is 5.32 Å². The van der Waals surface area contributed by atoms with Crippen LogP contribution >= 0.6 is 0 Å². The number of alkyl halides is 3. The highest BCUT2D eigenvalue weighted by Gasteiger charge is 2.42. The summed E-state index contributed by atoms with van der Waals surface area (Å²) in [6, 6.07) is 0.892. The molecule has 1 saturated carbocycles. The van der Waals surface area contributed by atoms with Crippen LogP contribution in [0.3, 0.4) is 0 Å². The lowest BCUT2D eigenvalue weighted by Gasteiger charge is -2.44. The molecule has 1 aliphatic heterocycles. The highest BCUT2D eigenvalue weighted by Crippen LogP contribution is 2.39. The van der Waals surface area contributed by atoms with E-state index >= 15 is 0 Å². The summed E-state index contributed by atoms with van der Waals surface area (Å²) in [5.41, 5.74) is 0. The van der Waals surface area contributed by atoms with E-state index in [2.05, 4.69) is 10.2 Å². The van der Waals surface area contributed by atoms with Gasteiger partial charge in [-0.05, 0) is 52.1 Å². The van der Waals surface area contributed by atoms with E-state index in [-0.39, 0.29) is 0 Å². The average Bonchev–Trinajstić information content (AvgIpc) is 2.39. The Morgan fingerprint density at radius 3 is 2.32 bits per heavy atom. The number of likely N-dealkylation sites (tertiary alicyclic amines) is 1. The van der Waals surface area contributed by atoms with Gasteiger partial charge in [-0.25, -0.2) is 0 Å². The molecule has 1 heterocycles. The van der Waals surface area contributed by atoms with Crippen molar-refractivity contribution in [3.63, 3.8) is 0 Å². The first-order chi connectivity index (χ1) is 9.02. The molecule has 1 aliphatic carbocycles. The zero-order chi connectivity index (χ0) is 13.9. The van der Waals surface area contributed by atoms with Gasteiger partial charge in [0.05, 0.1) is 5.92 Å².